The van der Waals surface area contributed by atoms with Crippen molar-refractivity contribution in [3.63, 3.8) is 0 Å². The summed E-state index contributed by atoms with van der Waals surface area (Å²) in [6.07, 6.45) is -14.6. The Labute approximate surface area is 689 Å². The highest BCUT2D eigenvalue weighted by Gasteiger charge is 2.89. The molecule has 0 unspecified atom stereocenters. The average Bonchev–Trinajstić information content (AvgIpc) is 0.720. The number of carbonyl (C=O) groups excluding carboxylic acids is 7. The van der Waals surface area contributed by atoms with Crippen LogP contribution in [0.3, 0.4) is 0 Å². The van der Waals surface area contributed by atoms with E-state index in [0.29, 0.717) is 12.2 Å². The Balaban J connectivity index is -0.000000713. The summed E-state index contributed by atoms with van der Waals surface area (Å²) < 4.78 is 632. The molecule has 0 aromatic heterocycles. The molecule has 0 saturated heterocycles. The summed E-state index contributed by atoms with van der Waals surface area (Å²) in [5, 5.41) is 0. The maximum Gasteiger partial charge on any atom is 0.422 e. The van der Waals surface area contributed by atoms with Gasteiger partial charge in [-0.05, 0) is 20.8 Å². The van der Waals surface area contributed by atoms with Crippen LogP contribution in [0, 0.1) is 116 Å². The van der Waals surface area contributed by atoms with Crippen LogP contribution >= 0.6 is 0 Å². The molecule has 0 radical (unpaired) electrons. The lowest BCUT2D eigenvalue weighted by Crippen LogP contribution is -2.69. The summed E-state index contributed by atoms with van der Waals surface area (Å²) in [6, 6.07) is 0. The van der Waals surface area contributed by atoms with Gasteiger partial charge < -0.3 is 33.2 Å². The van der Waals surface area contributed by atoms with Gasteiger partial charge in [-0.3, -0.25) is 0 Å². The zero-order valence-electron chi connectivity index (χ0n) is 63.0. The third-order valence-electron chi connectivity index (χ3n) is 13.1. The molecule has 0 N–H and O–H groups in total. The van der Waals surface area contributed by atoms with Crippen LogP contribution in [0.15, 0.2) is 92.9 Å². The summed E-state index contributed by atoms with van der Waals surface area (Å²) >= 11 is 0. The van der Waals surface area contributed by atoms with Gasteiger partial charge in [0, 0.05) is 28.9 Å². The smallest absolute Gasteiger partial charge is 0.422 e. The Morgan fingerprint density at radius 2 is 0.569 bits per heavy atom. The third kappa shape index (κ3) is 29.1. The molecule has 0 heterocycles. The molecule has 130 heavy (non-hydrogen) atoms. The van der Waals surface area contributed by atoms with E-state index in [0.717, 1.165) is 28.1 Å². The second kappa shape index (κ2) is 47.9. The fraction of sp³-hybridized carbons (Fsp3) is 0.309. The molecule has 0 saturated carbocycles. The van der Waals surface area contributed by atoms with Crippen molar-refractivity contribution in [2.45, 2.75) is 106 Å². The first-order valence-electron chi connectivity index (χ1n) is 30.6. The van der Waals surface area contributed by atoms with Crippen LogP contribution in [0.4, 0.5) is 211 Å². The minimum Gasteiger partial charge on any atom is -0.465 e. The first-order chi connectivity index (χ1) is 58.2. The first kappa shape index (κ1) is 124. The van der Waals surface area contributed by atoms with Gasteiger partial charge in [0.2, 0.25) is 87.1 Å². The minimum absolute atomic E-state index is 0.0705. The van der Waals surface area contributed by atoms with Crippen LogP contribution < -0.4 is 9.47 Å². The topological polar surface area (TPSA) is 184 Å². The molecule has 0 fully saturated rings. The second-order valence-electron chi connectivity index (χ2n) is 22.4. The van der Waals surface area contributed by atoms with Gasteiger partial charge in [-0.1, -0.05) is 58.7 Å². The van der Waals surface area contributed by atoms with Crippen LogP contribution in [0.5, 0.6) is 11.5 Å². The van der Waals surface area contributed by atoms with E-state index in [1.54, 1.807) is 0 Å². The van der Waals surface area contributed by atoms with Crippen molar-refractivity contribution in [2.75, 3.05) is 27.4 Å². The van der Waals surface area contributed by atoms with E-state index in [4.69, 9.17) is 0 Å². The van der Waals surface area contributed by atoms with E-state index < -0.39 is 296 Å². The number of alkyl halides is 27. The molecule has 4 aromatic carbocycles. The monoisotopic (exact) mass is 1990 g/mol. The lowest BCUT2D eigenvalue weighted by atomic mass is 9.94. The number of methoxy groups -OCH3 is 2. The van der Waals surface area contributed by atoms with Crippen LogP contribution in [0.1, 0.15) is 31.9 Å². The summed E-state index contributed by atoms with van der Waals surface area (Å²) in [5.41, 5.74) is -4.72. The number of halogens is 48. The Morgan fingerprint density at radius 1 is 0.315 bits per heavy atom. The van der Waals surface area contributed by atoms with Crippen LogP contribution in [-0.2, 0) is 63.9 Å². The van der Waals surface area contributed by atoms with Gasteiger partial charge in [-0.2, -0.15) is 123 Å². The van der Waals surface area contributed by atoms with E-state index in [-0.39, 0.29) is 17.2 Å². The lowest BCUT2D eigenvalue weighted by Gasteiger charge is -2.38. The summed E-state index contributed by atoms with van der Waals surface area (Å²) in [5.74, 6) is -128. The largest absolute Gasteiger partial charge is 0.465 e. The van der Waals surface area contributed by atoms with Crippen molar-refractivity contribution in [1.29, 1.82) is 0 Å². The van der Waals surface area contributed by atoms with Gasteiger partial charge >= 0.3 is 120 Å². The van der Waals surface area contributed by atoms with Crippen molar-refractivity contribution in [1.82, 2.24) is 0 Å². The number of rotatable bonds is 26. The molecule has 734 valence electrons. The fourth-order valence-corrected chi connectivity index (χ4v) is 6.09. The predicted octanol–water partition coefficient (Wildman–Crippen LogP) is 22.0. The molecule has 14 nitrogen and oxygen atoms in total. The molecule has 0 atom stereocenters. The molecule has 4 aromatic rings. The maximum atomic E-state index is 13.1. The molecule has 62 heteroatoms. The first-order valence-corrected chi connectivity index (χ1v) is 30.6. The number of carbonyl (C=O) groups is 7. The second-order valence-corrected chi connectivity index (χ2v) is 22.4. The molecular weight excluding hydrogens is 1950 g/mol. The quantitative estimate of drug-likeness (QED) is 0.0110. The molecule has 0 aliphatic rings. The van der Waals surface area contributed by atoms with E-state index in [9.17, 15) is 244 Å². The van der Waals surface area contributed by atoms with E-state index in [1.807, 2.05) is 0 Å². The fourth-order valence-electron chi connectivity index (χ4n) is 6.09. The van der Waals surface area contributed by atoms with Gasteiger partial charge in [0.25, 0.3) is 0 Å². The normalized spacial score (nSPS) is 11.8. The Hall–Kier alpha value is -12.3. The maximum absolute atomic E-state index is 13.1. The van der Waals surface area contributed by atoms with Gasteiger partial charge in [-0.25, -0.2) is 121 Å². The number of hydrogen-bond acceptors (Lipinski definition) is 14. The summed E-state index contributed by atoms with van der Waals surface area (Å²) in [4.78, 5) is 73.6. The SMILES string of the molecule is C=C(C(=O)OC)C(F)(F)F.C=C(C)C(=O)OCC(F)(F)C(F)(F)C(F)(F)C(F)(F)C(F)(F)C(F)F.C=C(C)C(=O)OCc1c(F)c(F)c(F)c(F)c1F.C=C(C)C(=O)Oc1c(F)c(F)c(F)c(F)c1F.C=C(F)C(=O)OC.C=CC(=O)OCC(F)(F)C(F)(F)C(F)(F)C(F)(F)C(F)(F)C(F)F.C=CC(=O)Oc1c(F)c(F)c(F)c(F)c1F.C=Cc1c(F)c(F)c(F)c(F)c1F. The van der Waals surface area contributed by atoms with Gasteiger partial charge in [-0.15, -0.1) is 0 Å². The predicted molar refractivity (Wildman–Crippen MR) is 334 cm³/mol. The Bertz CT molecular complexity index is 4760. The number of ether oxygens (including phenoxy) is 7. The lowest BCUT2D eigenvalue weighted by molar-refractivity contribution is -0.414. The highest BCUT2D eigenvalue weighted by Crippen LogP contribution is 2.60. The molecule has 0 spiro atoms. The molecule has 0 amide bonds. The highest BCUT2D eigenvalue weighted by atomic mass is 19.4. The number of esters is 7. The summed E-state index contributed by atoms with van der Waals surface area (Å²) in [7, 11) is 1.95. The van der Waals surface area contributed by atoms with Crippen molar-refractivity contribution in [3.8, 4) is 11.5 Å². The molecule has 0 aliphatic heterocycles. The molecular formula is C68H42F48O14. The van der Waals surface area contributed by atoms with Crippen molar-refractivity contribution < 1.29 is 277 Å². The zero-order valence-corrected chi connectivity index (χ0v) is 63.0. The van der Waals surface area contributed by atoms with Crippen molar-refractivity contribution >= 4 is 47.9 Å². The van der Waals surface area contributed by atoms with Crippen LogP contribution in [0.2, 0.25) is 0 Å². The van der Waals surface area contributed by atoms with Gasteiger partial charge in [0.15, 0.2) is 59.8 Å². The van der Waals surface area contributed by atoms with Crippen molar-refractivity contribution in [3.05, 3.63) is 220 Å². The van der Waals surface area contributed by atoms with Crippen LogP contribution in [-0.4, -0.2) is 147 Å². The van der Waals surface area contributed by atoms with E-state index in [1.165, 1.54) is 6.92 Å². The average molecular weight is 1990 g/mol. The molecule has 0 aliphatic carbocycles. The van der Waals surface area contributed by atoms with Crippen LogP contribution in [0.25, 0.3) is 6.08 Å². The van der Waals surface area contributed by atoms with Gasteiger partial charge in [0.05, 0.1) is 25.3 Å². The van der Waals surface area contributed by atoms with E-state index >= 15 is 0 Å². The number of hydrogen-bond donors (Lipinski definition) is 0. The Morgan fingerprint density at radius 3 is 0.800 bits per heavy atom. The summed E-state index contributed by atoms with van der Waals surface area (Å²) in [6.45, 7) is 19.0. The van der Waals surface area contributed by atoms with E-state index in [2.05, 4.69) is 85.8 Å². The number of benzene rings is 4. The standard InChI is InChI=1S/C11H8F12O2.C11H7F5O2.C10H6F12O2.C10H5F5O2.C9H3F5O2.C8H3F5.C5H5F3O2.C4H5FO2/c1-4(2)5(24)25-3-7(14,15)9(18,19)11(22,23)10(20,21)8(16,17)6(12)13;1-4(2)11(17)18-3-5-6(12)8(14)10(16)9(15)7(5)13;1-2-4(23)24-3-6(13,14)8(17,18)10(21,22)9(19,20)7(15,16)5(11)12;1-3(2)10(16)17-9-7(14)5(12)4(11)6(13)8(9)15;1-2-3(15)16-9-7(13)5(11)4(10)6(12)8(9)14;1-2-3-4(9)6(11)8(13)7(12)5(3)10;1-3(4(9)10-2)5(6,7)8;1-3(5)4(6)7-2/h6H,1,3H2,2H3;1,3H2,2H3;2,5H,1,3H2;1H2,2H3;2H,1H2;2H,1H2;1H2,2H3;1H2,2H3. The minimum atomic E-state index is -7.64. The zero-order chi connectivity index (χ0) is 105. The molecule has 4 rings (SSSR count). The Kier molecular flexibility index (Phi) is 45.7. The van der Waals surface area contributed by atoms with Crippen molar-refractivity contribution in [2.24, 2.45) is 0 Å². The van der Waals surface area contributed by atoms with Gasteiger partial charge in [0.1, 0.15) is 12.2 Å². The highest BCUT2D eigenvalue weighted by molar-refractivity contribution is 5.90. The molecule has 0 bridgehead atoms. The third-order valence-corrected chi connectivity index (χ3v) is 13.1.